The Morgan fingerprint density at radius 1 is 1.46 bits per heavy atom. The van der Waals surface area contributed by atoms with Crippen LogP contribution in [0, 0.1) is 0 Å². The second-order valence-corrected chi connectivity index (χ2v) is 3.51. The second kappa shape index (κ2) is 3.94. The zero-order valence-electron chi connectivity index (χ0n) is 7.99. The van der Waals surface area contributed by atoms with E-state index in [2.05, 4.69) is 35.5 Å². The van der Waals surface area contributed by atoms with Gasteiger partial charge in [-0.15, -0.1) is 0 Å². The van der Waals surface area contributed by atoms with Crippen LogP contribution in [0.15, 0.2) is 23.9 Å². The standard InChI is InChI=1S/C10H16N2O/c1-9-2-3-10(11-8-9)12-4-6-13-7-5-12/h2-3,8,10-11H,4-7H2,1H3. The molecule has 0 aromatic carbocycles. The Hall–Kier alpha value is -0.800. The summed E-state index contributed by atoms with van der Waals surface area (Å²) in [7, 11) is 0. The normalized spacial score (nSPS) is 29.6. The molecule has 0 amide bonds. The van der Waals surface area contributed by atoms with Gasteiger partial charge in [-0.2, -0.15) is 0 Å². The van der Waals surface area contributed by atoms with Crippen molar-refractivity contribution in [1.29, 1.82) is 0 Å². The van der Waals surface area contributed by atoms with E-state index in [1.54, 1.807) is 0 Å². The Bertz CT molecular complexity index is 229. The van der Waals surface area contributed by atoms with Crippen molar-refractivity contribution in [2.24, 2.45) is 0 Å². The van der Waals surface area contributed by atoms with Crippen LogP contribution in [0.1, 0.15) is 6.92 Å². The molecule has 13 heavy (non-hydrogen) atoms. The van der Waals surface area contributed by atoms with E-state index >= 15 is 0 Å². The van der Waals surface area contributed by atoms with Gasteiger partial charge in [0.1, 0.15) is 0 Å². The Labute approximate surface area is 79.1 Å². The van der Waals surface area contributed by atoms with E-state index in [4.69, 9.17) is 4.74 Å². The molecular formula is C10H16N2O. The number of allylic oxidation sites excluding steroid dienone is 2. The minimum atomic E-state index is 0.368. The van der Waals surface area contributed by atoms with Crippen molar-refractivity contribution < 1.29 is 4.74 Å². The Kier molecular flexibility index (Phi) is 2.66. The van der Waals surface area contributed by atoms with Gasteiger partial charge in [0.25, 0.3) is 0 Å². The number of ether oxygens (including phenoxy) is 1. The lowest BCUT2D eigenvalue weighted by Gasteiger charge is -2.34. The van der Waals surface area contributed by atoms with Gasteiger partial charge in [-0.05, 0) is 18.6 Å². The Morgan fingerprint density at radius 3 is 2.85 bits per heavy atom. The van der Waals surface area contributed by atoms with E-state index in [1.807, 2.05) is 0 Å². The van der Waals surface area contributed by atoms with Crippen molar-refractivity contribution >= 4 is 0 Å². The SMILES string of the molecule is CC1=CNC(N2CCOCC2)C=C1. The maximum atomic E-state index is 5.30. The van der Waals surface area contributed by atoms with Gasteiger partial charge in [-0.1, -0.05) is 6.08 Å². The van der Waals surface area contributed by atoms with Crippen molar-refractivity contribution in [3.8, 4) is 0 Å². The predicted octanol–water partition coefficient (Wildman–Crippen LogP) is 0.708. The van der Waals surface area contributed by atoms with Crippen LogP contribution in [0.5, 0.6) is 0 Å². The average molecular weight is 180 g/mol. The molecule has 0 saturated carbocycles. The number of nitrogens with one attached hydrogen (secondary N) is 1. The summed E-state index contributed by atoms with van der Waals surface area (Å²) >= 11 is 0. The maximum Gasteiger partial charge on any atom is 0.0986 e. The van der Waals surface area contributed by atoms with Gasteiger partial charge >= 0.3 is 0 Å². The molecule has 0 aliphatic carbocycles. The molecule has 0 aromatic heterocycles. The molecule has 0 radical (unpaired) electrons. The zero-order valence-corrected chi connectivity index (χ0v) is 7.99. The fourth-order valence-electron chi connectivity index (χ4n) is 1.65. The molecule has 2 aliphatic rings. The lowest BCUT2D eigenvalue weighted by molar-refractivity contribution is 0.0217. The molecule has 1 fully saturated rings. The minimum absolute atomic E-state index is 0.368. The highest BCUT2D eigenvalue weighted by Gasteiger charge is 2.18. The minimum Gasteiger partial charge on any atom is -0.379 e. The molecule has 1 unspecified atom stereocenters. The van der Waals surface area contributed by atoms with Crippen LogP contribution in [-0.4, -0.2) is 37.4 Å². The third-order valence-electron chi connectivity index (χ3n) is 2.46. The fourth-order valence-corrected chi connectivity index (χ4v) is 1.65. The van der Waals surface area contributed by atoms with Gasteiger partial charge in [0.05, 0.1) is 19.4 Å². The molecule has 3 nitrogen and oxygen atoms in total. The number of rotatable bonds is 1. The molecule has 3 heteroatoms. The topological polar surface area (TPSA) is 24.5 Å². The molecule has 0 spiro atoms. The molecule has 72 valence electrons. The first-order valence-corrected chi connectivity index (χ1v) is 4.79. The predicted molar refractivity (Wildman–Crippen MR) is 52.2 cm³/mol. The van der Waals surface area contributed by atoms with Crippen molar-refractivity contribution in [2.75, 3.05) is 26.3 Å². The quantitative estimate of drug-likeness (QED) is 0.643. The highest BCUT2D eigenvalue weighted by Crippen LogP contribution is 2.08. The summed E-state index contributed by atoms with van der Waals surface area (Å²) in [5.74, 6) is 0. The first-order chi connectivity index (χ1) is 6.36. The smallest absolute Gasteiger partial charge is 0.0986 e. The number of nitrogens with zero attached hydrogens (tertiary/aromatic N) is 1. The number of dihydropyridines is 1. The zero-order chi connectivity index (χ0) is 9.10. The molecule has 0 bridgehead atoms. The van der Waals surface area contributed by atoms with Gasteiger partial charge in [0.2, 0.25) is 0 Å². The molecule has 2 aliphatic heterocycles. The lowest BCUT2D eigenvalue weighted by Crippen LogP contribution is -2.48. The molecule has 0 aromatic rings. The number of hydrogen-bond donors (Lipinski definition) is 1. The van der Waals surface area contributed by atoms with Gasteiger partial charge < -0.3 is 10.1 Å². The summed E-state index contributed by atoms with van der Waals surface area (Å²) in [5, 5.41) is 3.36. The summed E-state index contributed by atoms with van der Waals surface area (Å²) in [5.41, 5.74) is 1.28. The van der Waals surface area contributed by atoms with Crippen molar-refractivity contribution in [2.45, 2.75) is 13.1 Å². The fraction of sp³-hybridized carbons (Fsp3) is 0.600. The van der Waals surface area contributed by atoms with E-state index in [1.165, 1.54) is 5.57 Å². The van der Waals surface area contributed by atoms with Crippen LogP contribution < -0.4 is 5.32 Å². The molecule has 2 rings (SSSR count). The molecule has 1 N–H and O–H groups in total. The van der Waals surface area contributed by atoms with Crippen LogP contribution in [0.25, 0.3) is 0 Å². The summed E-state index contributed by atoms with van der Waals surface area (Å²) < 4.78 is 5.30. The summed E-state index contributed by atoms with van der Waals surface area (Å²) in [6, 6.07) is 0. The number of hydrogen-bond acceptors (Lipinski definition) is 3. The average Bonchev–Trinajstić information content (AvgIpc) is 2.20. The molecular weight excluding hydrogens is 164 g/mol. The Balaban J connectivity index is 1.91. The lowest BCUT2D eigenvalue weighted by atomic mass is 10.2. The summed E-state index contributed by atoms with van der Waals surface area (Å²) in [6.07, 6.45) is 6.81. The van der Waals surface area contributed by atoms with Gasteiger partial charge in [0, 0.05) is 19.3 Å². The molecule has 1 saturated heterocycles. The van der Waals surface area contributed by atoms with Crippen LogP contribution >= 0.6 is 0 Å². The first kappa shape index (κ1) is 8.78. The Morgan fingerprint density at radius 2 is 2.23 bits per heavy atom. The molecule has 1 atom stereocenters. The van der Waals surface area contributed by atoms with E-state index in [0.29, 0.717) is 6.17 Å². The van der Waals surface area contributed by atoms with Gasteiger partial charge in [-0.25, -0.2) is 0 Å². The second-order valence-electron chi connectivity index (χ2n) is 3.51. The highest BCUT2D eigenvalue weighted by molar-refractivity contribution is 5.21. The van der Waals surface area contributed by atoms with E-state index < -0.39 is 0 Å². The first-order valence-electron chi connectivity index (χ1n) is 4.79. The van der Waals surface area contributed by atoms with E-state index in [-0.39, 0.29) is 0 Å². The highest BCUT2D eigenvalue weighted by atomic mass is 16.5. The summed E-state index contributed by atoms with van der Waals surface area (Å²) in [4.78, 5) is 2.39. The third-order valence-corrected chi connectivity index (χ3v) is 2.46. The maximum absolute atomic E-state index is 5.30. The summed E-state index contributed by atoms with van der Waals surface area (Å²) in [6.45, 7) is 5.85. The monoisotopic (exact) mass is 180 g/mol. The van der Waals surface area contributed by atoms with Crippen molar-refractivity contribution in [1.82, 2.24) is 10.2 Å². The van der Waals surface area contributed by atoms with Gasteiger partial charge in [0.15, 0.2) is 0 Å². The van der Waals surface area contributed by atoms with Crippen LogP contribution in [0.4, 0.5) is 0 Å². The van der Waals surface area contributed by atoms with Crippen LogP contribution in [0.2, 0.25) is 0 Å². The van der Waals surface area contributed by atoms with E-state index in [0.717, 1.165) is 26.3 Å². The van der Waals surface area contributed by atoms with Crippen LogP contribution in [0.3, 0.4) is 0 Å². The largest absolute Gasteiger partial charge is 0.379 e. The van der Waals surface area contributed by atoms with Gasteiger partial charge in [-0.3, -0.25) is 4.90 Å². The number of morpholine rings is 1. The van der Waals surface area contributed by atoms with Crippen molar-refractivity contribution in [3.63, 3.8) is 0 Å². The van der Waals surface area contributed by atoms with E-state index in [9.17, 15) is 0 Å². The molecule has 2 heterocycles. The van der Waals surface area contributed by atoms with Crippen molar-refractivity contribution in [3.05, 3.63) is 23.9 Å². The third kappa shape index (κ3) is 2.11. The van der Waals surface area contributed by atoms with Crippen LogP contribution in [-0.2, 0) is 4.74 Å².